The number of hydrogen-bond donors (Lipinski definition) is 1. The number of hydrogen-bond acceptors (Lipinski definition) is 4. The molecule has 2 fully saturated rings. The summed E-state index contributed by atoms with van der Waals surface area (Å²) in [6.45, 7) is 1.59. The Hall–Kier alpha value is -2.61. The molecule has 1 aliphatic heterocycles. The van der Waals surface area contributed by atoms with E-state index in [1.54, 1.807) is 0 Å². The number of nitrogens with one attached hydrogen (secondary N) is 1. The lowest BCUT2D eigenvalue weighted by atomic mass is 10.0. The average molecular weight is 320 g/mol. The fourth-order valence-electron chi connectivity index (χ4n) is 3.38. The van der Waals surface area contributed by atoms with Crippen LogP contribution in [0.15, 0.2) is 30.3 Å². The van der Waals surface area contributed by atoms with Gasteiger partial charge in [0.15, 0.2) is 0 Å². The highest BCUT2D eigenvalue weighted by atomic mass is 16.2. The normalized spacial score (nSPS) is 20.6. The van der Waals surface area contributed by atoms with Gasteiger partial charge in [0.1, 0.15) is 11.9 Å². The molecule has 1 aromatic heterocycles. The number of rotatable bonds is 3. The minimum absolute atomic E-state index is 0.145. The van der Waals surface area contributed by atoms with Gasteiger partial charge in [-0.2, -0.15) is 5.26 Å². The van der Waals surface area contributed by atoms with Crippen LogP contribution in [0.1, 0.15) is 31.2 Å². The lowest BCUT2D eigenvalue weighted by Gasteiger charge is -2.34. The zero-order valence-electron chi connectivity index (χ0n) is 13.5. The summed E-state index contributed by atoms with van der Waals surface area (Å²) in [5.41, 5.74) is 1.50. The monoisotopic (exact) mass is 320 g/mol. The number of carbonyl (C=O) groups is 1. The molecule has 1 saturated heterocycles. The van der Waals surface area contributed by atoms with Gasteiger partial charge in [-0.3, -0.25) is 4.79 Å². The van der Waals surface area contributed by atoms with Gasteiger partial charge in [-0.15, -0.1) is 0 Å². The van der Waals surface area contributed by atoms with Gasteiger partial charge in [-0.25, -0.2) is 4.98 Å². The summed E-state index contributed by atoms with van der Waals surface area (Å²) >= 11 is 0. The highest BCUT2D eigenvalue weighted by molar-refractivity contribution is 5.83. The summed E-state index contributed by atoms with van der Waals surface area (Å²) < 4.78 is 0. The van der Waals surface area contributed by atoms with E-state index < -0.39 is 0 Å². The van der Waals surface area contributed by atoms with Gasteiger partial charge in [-0.05, 0) is 37.8 Å². The number of aromatic nitrogens is 1. The van der Waals surface area contributed by atoms with E-state index in [2.05, 4.69) is 16.3 Å². The molecule has 2 heterocycles. The lowest BCUT2D eigenvalue weighted by molar-refractivity contribution is -0.123. The largest absolute Gasteiger partial charge is 0.353 e. The molecule has 0 bridgehead atoms. The Morgan fingerprint density at radius 1 is 1.29 bits per heavy atom. The Morgan fingerprint density at radius 3 is 2.92 bits per heavy atom. The molecule has 1 amide bonds. The first-order valence-electron chi connectivity index (χ1n) is 8.60. The van der Waals surface area contributed by atoms with Crippen LogP contribution in [0.25, 0.3) is 10.9 Å². The highest BCUT2D eigenvalue weighted by Crippen LogP contribution is 2.30. The molecule has 5 nitrogen and oxygen atoms in total. The number of anilines is 1. The van der Waals surface area contributed by atoms with Crippen molar-refractivity contribution < 1.29 is 4.79 Å². The second kappa shape index (κ2) is 6.12. The van der Waals surface area contributed by atoms with Crippen LogP contribution in [0.2, 0.25) is 0 Å². The van der Waals surface area contributed by atoms with Crippen molar-refractivity contribution in [3.63, 3.8) is 0 Å². The van der Waals surface area contributed by atoms with Crippen LogP contribution >= 0.6 is 0 Å². The molecule has 122 valence electrons. The van der Waals surface area contributed by atoms with Crippen LogP contribution in [0, 0.1) is 17.2 Å². The molecule has 4 rings (SSSR count). The molecule has 1 atom stereocenters. The molecule has 0 spiro atoms. The first-order chi connectivity index (χ1) is 11.7. The number of fused-ring (bicyclic) bond motifs is 1. The molecule has 1 N–H and O–H groups in total. The van der Waals surface area contributed by atoms with Gasteiger partial charge in [0.2, 0.25) is 5.91 Å². The van der Waals surface area contributed by atoms with E-state index in [9.17, 15) is 10.1 Å². The third-order valence-electron chi connectivity index (χ3n) is 4.84. The average Bonchev–Trinajstić information content (AvgIpc) is 3.46. The molecule has 1 aromatic carbocycles. The number of carbonyl (C=O) groups excluding carboxylic acids is 1. The number of para-hydroxylation sites is 1. The summed E-state index contributed by atoms with van der Waals surface area (Å²) in [7, 11) is 0. The number of pyridine rings is 1. The number of benzene rings is 1. The van der Waals surface area contributed by atoms with Crippen molar-refractivity contribution in [2.24, 2.45) is 5.92 Å². The summed E-state index contributed by atoms with van der Waals surface area (Å²) in [4.78, 5) is 18.9. The van der Waals surface area contributed by atoms with Crippen molar-refractivity contribution in [3.8, 4) is 6.07 Å². The summed E-state index contributed by atoms with van der Waals surface area (Å²) in [5.74, 6) is 1.16. The zero-order valence-corrected chi connectivity index (χ0v) is 13.5. The van der Waals surface area contributed by atoms with Gasteiger partial charge >= 0.3 is 0 Å². The highest BCUT2D eigenvalue weighted by Gasteiger charge is 2.32. The third-order valence-corrected chi connectivity index (χ3v) is 4.84. The van der Waals surface area contributed by atoms with Crippen molar-refractivity contribution >= 4 is 22.6 Å². The Labute approximate surface area is 141 Å². The van der Waals surface area contributed by atoms with E-state index >= 15 is 0 Å². The minimum Gasteiger partial charge on any atom is -0.353 e. The molecule has 1 aliphatic carbocycles. The van der Waals surface area contributed by atoms with Gasteiger partial charge in [0, 0.05) is 30.4 Å². The van der Waals surface area contributed by atoms with Crippen LogP contribution in [0.4, 0.5) is 5.82 Å². The molecule has 1 saturated carbocycles. The van der Waals surface area contributed by atoms with Crippen molar-refractivity contribution in [1.29, 1.82) is 5.26 Å². The van der Waals surface area contributed by atoms with Gasteiger partial charge < -0.3 is 10.2 Å². The maximum absolute atomic E-state index is 12.0. The van der Waals surface area contributed by atoms with E-state index in [1.807, 2.05) is 30.3 Å². The van der Waals surface area contributed by atoms with Crippen molar-refractivity contribution in [2.75, 3.05) is 18.0 Å². The fourth-order valence-corrected chi connectivity index (χ4v) is 3.38. The standard InChI is InChI=1S/C19H20N4O/c20-11-15-10-14-4-1-2-6-17(14)22-18(15)23-9-3-5-16(12-23)21-19(24)13-7-8-13/h1-2,4,6,10,13,16H,3,5,7-9,12H2,(H,21,24). The van der Waals surface area contributed by atoms with E-state index in [4.69, 9.17) is 4.98 Å². The SMILES string of the molecule is N#Cc1cc2ccccc2nc1N1CCCC(NC(=O)C2CC2)C1. The Balaban J connectivity index is 1.58. The van der Waals surface area contributed by atoms with E-state index in [1.165, 1.54) is 0 Å². The second-order valence-electron chi connectivity index (χ2n) is 6.73. The second-order valence-corrected chi connectivity index (χ2v) is 6.73. The number of amides is 1. The van der Waals surface area contributed by atoms with Gasteiger partial charge in [0.25, 0.3) is 0 Å². The fraction of sp³-hybridized carbons (Fsp3) is 0.421. The molecule has 24 heavy (non-hydrogen) atoms. The predicted molar refractivity (Wildman–Crippen MR) is 92.6 cm³/mol. The summed E-state index contributed by atoms with van der Waals surface area (Å²) in [5, 5.41) is 13.7. The molecule has 2 aromatic rings. The number of nitrogens with zero attached hydrogens (tertiary/aromatic N) is 3. The molecular weight excluding hydrogens is 300 g/mol. The molecule has 0 radical (unpaired) electrons. The van der Waals surface area contributed by atoms with Crippen molar-refractivity contribution in [2.45, 2.75) is 31.7 Å². The zero-order chi connectivity index (χ0) is 16.5. The van der Waals surface area contributed by atoms with Crippen LogP contribution in [0.5, 0.6) is 0 Å². The number of piperidine rings is 1. The molecule has 5 heteroatoms. The maximum Gasteiger partial charge on any atom is 0.223 e. The summed E-state index contributed by atoms with van der Waals surface area (Å²) in [6.07, 6.45) is 4.03. The van der Waals surface area contributed by atoms with Crippen molar-refractivity contribution in [1.82, 2.24) is 10.3 Å². The molecule has 2 aliphatic rings. The third kappa shape index (κ3) is 2.92. The lowest BCUT2D eigenvalue weighted by Crippen LogP contribution is -2.48. The van der Waals surface area contributed by atoms with E-state index in [0.717, 1.165) is 55.5 Å². The van der Waals surface area contributed by atoms with Crippen LogP contribution in [-0.2, 0) is 4.79 Å². The molecular formula is C19H20N4O. The summed E-state index contributed by atoms with van der Waals surface area (Å²) in [6, 6.07) is 12.2. The van der Waals surface area contributed by atoms with Gasteiger partial charge in [-0.1, -0.05) is 18.2 Å². The first kappa shape index (κ1) is 14.9. The topological polar surface area (TPSA) is 69.0 Å². The first-order valence-corrected chi connectivity index (χ1v) is 8.60. The molecule has 1 unspecified atom stereocenters. The predicted octanol–water partition coefficient (Wildman–Crippen LogP) is 2.60. The van der Waals surface area contributed by atoms with Crippen LogP contribution in [-0.4, -0.2) is 30.0 Å². The minimum atomic E-state index is 0.145. The maximum atomic E-state index is 12.0. The van der Waals surface area contributed by atoms with Gasteiger partial charge in [0.05, 0.1) is 11.1 Å². The van der Waals surface area contributed by atoms with Crippen LogP contribution < -0.4 is 10.2 Å². The van der Waals surface area contributed by atoms with E-state index in [0.29, 0.717) is 5.56 Å². The number of nitriles is 1. The quantitative estimate of drug-likeness (QED) is 0.944. The van der Waals surface area contributed by atoms with E-state index in [-0.39, 0.29) is 17.9 Å². The van der Waals surface area contributed by atoms with Crippen molar-refractivity contribution in [3.05, 3.63) is 35.9 Å². The Morgan fingerprint density at radius 2 is 2.12 bits per heavy atom. The Kier molecular flexibility index (Phi) is 3.81. The smallest absolute Gasteiger partial charge is 0.223 e. The Bertz CT molecular complexity index is 822. The van der Waals surface area contributed by atoms with Crippen LogP contribution in [0.3, 0.4) is 0 Å².